The first-order chi connectivity index (χ1) is 13.6. The molecule has 0 aromatic heterocycles. The topological polar surface area (TPSA) is 73.0 Å². The lowest BCUT2D eigenvalue weighted by Crippen LogP contribution is -2.50. The molecule has 1 aromatic rings. The lowest BCUT2D eigenvalue weighted by molar-refractivity contribution is -0.120. The summed E-state index contributed by atoms with van der Waals surface area (Å²) in [6, 6.07) is 7.56. The van der Waals surface area contributed by atoms with Gasteiger partial charge in [-0.2, -0.15) is 0 Å². The Kier molecular flexibility index (Phi) is 4.34. The van der Waals surface area contributed by atoms with E-state index < -0.39 is 6.03 Å². The van der Waals surface area contributed by atoms with Crippen molar-refractivity contribution < 1.29 is 14.4 Å². The average molecular weight is 382 g/mol. The number of likely N-dealkylation sites (tertiary alicyclic amines) is 2. The Morgan fingerprint density at radius 2 is 1.79 bits per heavy atom. The van der Waals surface area contributed by atoms with Crippen LogP contribution in [0.3, 0.4) is 0 Å². The number of para-hydroxylation sites is 1. The van der Waals surface area contributed by atoms with Crippen LogP contribution in [0.1, 0.15) is 42.5 Å². The van der Waals surface area contributed by atoms with Crippen LogP contribution in [0.5, 0.6) is 0 Å². The highest BCUT2D eigenvalue weighted by molar-refractivity contribution is 6.09. The number of urea groups is 1. The molecule has 0 bridgehead atoms. The first-order valence-corrected chi connectivity index (χ1v) is 10.4. The molecule has 2 atom stereocenters. The Balaban J connectivity index is 1.36. The third-order valence-electron chi connectivity index (χ3n) is 6.62. The normalized spacial score (nSPS) is 27.9. The molecular formula is C21H26N4O3. The maximum absolute atomic E-state index is 13.4. The zero-order valence-electron chi connectivity index (χ0n) is 16.0. The summed E-state index contributed by atoms with van der Waals surface area (Å²) >= 11 is 0. The zero-order chi connectivity index (χ0) is 19.3. The highest BCUT2D eigenvalue weighted by atomic mass is 16.2. The number of carbonyl (C=O) groups excluding carboxylic acids is 3. The van der Waals surface area contributed by atoms with Gasteiger partial charge < -0.3 is 4.90 Å². The molecule has 1 aromatic carbocycles. The molecule has 148 valence electrons. The number of hydrogen-bond donors (Lipinski definition) is 1. The second-order valence-corrected chi connectivity index (χ2v) is 8.42. The van der Waals surface area contributed by atoms with Crippen molar-refractivity contribution in [2.75, 3.05) is 31.1 Å². The van der Waals surface area contributed by atoms with Gasteiger partial charge in [0.15, 0.2) is 0 Å². The minimum absolute atomic E-state index is 0.000993. The summed E-state index contributed by atoms with van der Waals surface area (Å²) in [5, 5.41) is 2.35. The molecule has 0 unspecified atom stereocenters. The minimum atomic E-state index is -0.452. The van der Waals surface area contributed by atoms with Gasteiger partial charge in [-0.1, -0.05) is 12.1 Å². The molecule has 0 radical (unpaired) electrons. The highest BCUT2D eigenvalue weighted by Gasteiger charge is 2.46. The van der Waals surface area contributed by atoms with Crippen LogP contribution in [-0.2, 0) is 4.79 Å². The summed E-state index contributed by atoms with van der Waals surface area (Å²) in [7, 11) is 0. The lowest BCUT2D eigenvalue weighted by atomic mass is 10.1. The van der Waals surface area contributed by atoms with Crippen LogP contribution in [-0.4, -0.2) is 65.9 Å². The van der Waals surface area contributed by atoms with Gasteiger partial charge >= 0.3 is 6.03 Å². The van der Waals surface area contributed by atoms with Gasteiger partial charge in [0.25, 0.3) is 5.91 Å². The molecule has 4 fully saturated rings. The summed E-state index contributed by atoms with van der Waals surface area (Å²) in [5.41, 5.74) is 1.14. The SMILES string of the molecule is O=C1CCN(c2ccccc2C(=O)N2CC[C@H]3[C@@H]2CCN3CC2CC2)C(=O)N1. The largest absolute Gasteiger partial charge is 0.334 e. The summed E-state index contributed by atoms with van der Waals surface area (Å²) in [5.74, 6) is 0.597. The van der Waals surface area contributed by atoms with E-state index in [1.54, 1.807) is 12.1 Å². The molecule has 1 aliphatic carbocycles. The Hall–Kier alpha value is -2.41. The number of carbonyl (C=O) groups is 3. The van der Waals surface area contributed by atoms with E-state index in [0.29, 0.717) is 23.8 Å². The Bertz CT molecular complexity index is 822. The Morgan fingerprint density at radius 3 is 2.57 bits per heavy atom. The predicted octanol–water partition coefficient (Wildman–Crippen LogP) is 1.83. The van der Waals surface area contributed by atoms with E-state index in [0.717, 1.165) is 31.8 Å². The first-order valence-electron chi connectivity index (χ1n) is 10.4. The first kappa shape index (κ1) is 17.7. The number of hydrogen-bond acceptors (Lipinski definition) is 4. The fourth-order valence-corrected chi connectivity index (χ4v) is 5.02. The predicted molar refractivity (Wildman–Crippen MR) is 104 cm³/mol. The number of imide groups is 1. The molecule has 3 heterocycles. The lowest BCUT2D eigenvalue weighted by Gasteiger charge is -2.30. The maximum Gasteiger partial charge on any atom is 0.328 e. The molecule has 4 aliphatic rings. The van der Waals surface area contributed by atoms with E-state index in [4.69, 9.17) is 0 Å². The van der Waals surface area contributed by atoms with E-state index in [2.05, 4.69) is 10.2 Å². The summed E-state index contributed by atoms with van der Waals surface area (Å²) in [6.07, 6.45) is 5.02. The van der Waals surface area contributed by atoms with Crippen LogP contribution in [0.15, 0.2) is 24.3 Å². The molecule has 4 amide bonds. The fraction of sp³-hybridized carbons (Fsp3) is 0.571. The number of nitrogens with one attached hydrogen (secondary N) is 1. The van der Waals surface area contributed by atoms with E-state index in [-0.39, 0.29) is 24.3 Å². The van der Waals surface area contributed by atoms with E-state index in [1.807, 2.05) is 17.0 Å². The molecule has 3 saturated heterocycles. The van der Waals surface area contributed by atoms with Gasteiger partial charge in [0.05, 0.1) is 11.3 Å². The average Bonchev–Trinajstić information content (AvgIpc) is 3.27. The molecule has 28 heavy (non-hydrogen) atoms. The van der Waals surface area contributed by atoms with Crippen molar-refractivity contribution in [3.05, 3.63) is 29.8 Å². The molecule has 1 saturated carbocycles. The molecule has 7 nitrogen and oxygen atoms in total. The standard InChI is InChI=1S/C21H26N4O3/c26-19-9-12-25(21(28)22-19)16-4-2-1-3-15(16)20(27)24-11-8-17-18(24)7-10-23(17)13-14-5-6-14/h1-4,14,17-18H,5-13H2,(H,22,26,28)/t17-,18-/m0/s1. The molecule has 7 heteroatoms. The number of rotatable bonds is 4. The highest BCUT2D eigenvalue weighted by Crippen LogP contribution is 2.38. The van der Waals surface area contributed by atoms with Crippen molar-refractivity contribution in [1.29, 1.82) is 0 Å². The van der Waals surface area contributed by atoms with Crippen molar-refractivity contribution in [2.24, 2.45) is 5.92 Å². The summed E-state index contributed by atoms with van der Waals surface area (Å²) in [6.45, 7) is 3.33. The third kappa shape index (κ3) is 3.07. The molecule has 3 aliphatic heterocycles. The van der Waals surface area contributed by atoms with Crippen LogP contribution in [0.2, 0.25) is 0 Å². The Labute approximate surface area is 164 Å². The van der Waals surface area contributed by atoms with Crippen molar-refractivity contribution >= 4 is 23.5 Å². The van der Waals surface area contributed by atoms with Crippen LogP contribution in [0.25, 0.3) is 0 Å². The quantitative estimate of drug-likeness (QED) is 0.862. The number of amides is 4. The molecule has 1 N–H and O–H groups in total. The van der Waals surface area contributed by atoms with Crippen LogP contribution in [0.4, 0.5) is 10.5 Å². The van der Waals surface area contributed by atoms with Gasteiger partial charge in [-0.3, -0.25) is 24.7 Å². The van der Waals surface area contributed by atoms with Gasteiger partial charge in [0, 0.05) is 44.7 Å². The van der Waals surface area contributed by atoms with Crippen molar-refractivity contribution in [3.63, 3.8) is 0 Å². The van der Waals surface area contributed by atoms with Crippen LogP contribution in [0, 0.1) is 5.92 Å². The van der Waals surface area contributed by atoms with Crippen molar-refractivity contribution in [3.8, 4) is 0 Å². The van der Waals surface area contributed by atoms with Gasteiger partial charge in [-0.25, -0.2) is 4.79 Å². The van der Waals surface area contributed by atoms with Crippen molar-refractivity contribution in [2.45, 2.75) is 44.2 Å². The summed E-state index contributed by atoms with van der Waals surface area (Å²) < 4.78 is 0. The van der Waals surface area contributed by atoms with E-state index in [9.17, 15) is 14.4 Å². The van der Waals surface area contributed by atoms with Gasteiger partial charge in [0.1, 0.15) is 0 Å². The van der Waals surface area contributed by atoms with Gasteiger partial charge in [-0.15, -0.1) is 0 Å². The minimum Gasteiger partial charge on any atom is -0.334 e. The molecular weight excluding hydrogens is 356 g/mol. The fourth-order valence-electron chi connectivity index (χ4n) is 5.02. The monoisotopic (exact) mass is 382 g/mol. The number of nitrogens with zero attached hydrogens (tertiary/aromatic N) is 3. The maximum atomic E-state index is 13.4. The second-order valence-electron chi connectivity index (χ2n) is 8.42. The summed E-state index contributed by atoms with van der Waals surface area (Å²) in [4.78, 5) is 43.3. The second kappa shape index (κ2) is 6.88. The number of benzene rings is 1. The number of anilines is 1. The third-order valence-corrected chi connectivity index (χ3v) is 6.62. The Morgan fingerprint density at radius 1 is 1.00 bits per heavy atom. The number of fused-ring (bicyclic) bond motifs is 1. The van der Waals surface area contributed by atoms with Crippen LogP contribution < -0.4 is 10.2 Å². The van der Waals surface area contributed by atoms with Crippen molar-refractivity contribution in [1.82, 2.24) is 15.1 Å². The smallest absolute Gasteiger partial charge is 0.328 e. The zero-order valence-corrected chi connectivity index (χ0v) is 16.0. The molecule has 0 spiro atoms. The van der Waals surface area contributed by atoms with E-state index in [1.165, 1.54) is 24.3 Å². The van der Waals surface area contributed by atoms with Gasteiger partial charge in [-0.05, 0) is 43.7 Å². The van der Waals surface area contributed by atoms with E-state index >= 15 is 0 Å². The van der Waals surface area contributed by atoms with Gasteiger partial charge in [0.2, 0.25) is 5.91 Å². The van der Waals surface area contributed by atoms with Crippen LogP contribution >= 0.6 is 0 Å². The molecule has 5 rings (SSSR count).